The summed E-state index contributed by atoms with van der Waals surface area (Å²) in [5.74, 6) is 0. The highest BCUT2D eigenvalue weighted by Gasteiger charge is 2.35. The normalized spacial score (nSPS) is 13.3. The van der Waals surface area contributed by atoms with Crippen LogP contribution < -0.4 is 11.1 Å². The summed E-state index contributed by atoms with van der Waals surface area (Å²) in [6.07, 6.45) is 8.27. The predicted molar refractivity (Wildman–Crippen MR) is 231 cm³/mol. The van der Waals surface area contributed by atoms with Gasteiger partial charge >= 0.3 is 0 Å². The van der Waals surface area contributed by atoms with Gasteiger partial charge in [-0.05, 0) is 94.6 Å². The number of anilines is 3. The molecule has 0 atom stereocenters. The van der Waals surface area contributed by atoms with Crippen molar-refractivity contribution in [1.29, 1.82) is 0 Å². The number of rotatable bonds is 8. The topological polar surface area (TPSA) is 43.0 Å². The number of nitrogens with zero attached hydrogens (tertiary/aromatic N) is 1. The number of allylic oxidation sites excluding steroid dienone is 4. The maximum Gasteiger partial charge on any atom is 0.0734 e. The van der Waals surface area contributed by atoms with Gasteiger partial charge in [-0.25, -0.2) is 0 Å². The molecule has 1 heterocycles. The number of nitrogens with two attached hydrogens (primary N) is 1. The highest BCUT2D eigenvalue weighted by molar-refractivity contribution is 6.13. The summed E-state index contributed by atoms with van der Waals surface area (Å²) in [5, 5.41) is 6.11. The number of benzene rings is 6. The number of nitrogen functional groups attached to an aromatic ring is 1. The smallest absolute Gasteiger partial charge is 0.0734 e. The molecule has 3 heteroatoms. The average molecular weight is 692 g/mol. The molecule has 0 unspecified atom stereocenters. The van der Waals surface area contributed by atoms with Crippen LogP contribution in [0.15, 0.2) is 158 Å². The average Bonchev–Trinajstić information content (AvgIpc) is 3.59. The van der Waals surface area contributed by atoms with Gasteiger partial charge in [0.2, 0.25) is 0 Å². The zero-order valence-corrected chi connectivity index (χ0v) is 31.6. The van der Waals surface area contributed by atoms with Crippen molar-refractivity contribution in [2.75, 3.05) is 11.1 Å². The fourth-order valence-electron chi connectivity index (χ4n) is 8.11. The standard InChI is InChI=1S/C29H31N.C21H18N2/c1-5-9-24-25-17-16-22(19-27(25)29(3,4)26(24)6-2)21-14-12-20(13-15-21)18-23-10-7-8-11-28(23)30;1-3-15-13-14-18-17-11-7-8-12-19(17)23(2)21(18)20(15)22-16-9-5-4-6-10-16/h5,7-17,19H,6,18,30H2,1-4H3;3-14,22H,1H2,2H3/b9-5-;. The molecule has 264 valence electrons. The van der Waals surface area contributed by atoms with E-state index < -0.39 is 0 Å². The number of aryl methyl sites for hydroxylation is 1. The molecule has 0 amide bonds. The van der Waals surface area contributed by atoms with Gasteiger partial charge in [0.15, 0.2) is 0 Å². The molecule has 1 aliphatic rings. The van der Waals surface area contributed by atoms with E-state index in [-0.39, 0.29) is 5.41 Å². The third kappa shape index (κ3) is 6.71. The van der Waals surface area contributed by atoms with Gasteiger partial charge in [-0.1, -0.05) is 154 Å². The third-order valence-corrected chi connectivity index (χ3v) is 10.9. The van der Waals surface area contributed by atoms with E-state index in [1.54, 1.807) is 0 Å². The summed E-state index contributed by atoms with van der Waals surface area (Å²) in [6.45, 7) is 13.1. The fourth-order valence-corrected chi connectivity index (χ4v) is 8.11. The van der Waals surface area contributed by atoms with Gasteiger partial charge in [0.1, 0.15) is 0 Å². The summed E-state index contributed by atoms with van der Waals surface area (Å²) >= 11 is 0. The lowest BCUT2D eigenvalue weighted by atomic mass is 9.79. The summed E-state index contributed by atoms with van der Waals surface area (Å²) in [4.78, 5) is 0. The number of hydrogen-bond donors (Lipinski definition) is 2. The predicted octanol–water partition coefficient (Wildman–Crippen LogP) is 13.3. The zero-order valence-electron chi connectivity index (χ0n) is 31.6. The third-order valence-electron chi connectivity index (χ3n) is 10.9. The summed E-state index contributed by atoms with van der Waals surface area (Å²) in [7, 11) is 2.12. The van der Waals surface area contributed by atoms with E-state index in [0.717, 1.165) is 35.5 Å². The van der Waals surface area contributed by atoms with Crippen molar-refractivity contribution in [2.45, 2.75) is 46.0 Å². The van der Waals surface area contributed by atoms with Crippen LogP contribution in [0.4, 0.5) is 17.1 Å². The maximum absolute atomic E-state index is 6.11. The SMILES string of the molecule is C/C=C\C1=C(CC)C(C)(C)c2cc(-c3ccc(Cc4ccccc4N)cc3)ccc21.C=Cc1ccc2c3ccccc3n(C)c2c1Nc1ccccc1. The van der Waals surface area contributed by atoms with Crippen molar-refractivity contribution in [3.63, 3.8) is 0 Å². The maximum atomic E-state index is 6.11. The molecule has 8 rings (SSSR count). The molecule has 7 aromatic rings. The lowest BCUT2D eigenvalue weighted by molar-refractivity contribution is 0.617. The fraction of sp³-hybridized carbons (Fsp3) is 0.160. The molecule has 1 aliphatic carbocycles. The second kappa shape index (κ2) is 14.9. The Morgan fingerprint density at radius 2 is 1.47 bits per heavy atom. The molecule has 0 fully saturated rings. The molecule has 3 nitrogen and oxygen atoms in total. The van der Waals surface area contributed by atoms with E-state index in [9.17, 15) is 0 Å². The van der Waals surface area contributed by atoms with E-state index in [0.29, 0.717) is 0 Å². The largest absolute Gasteiger partial charge is 0.398 e. The lowest BCUT2D eigenvalue weighted by Gasteiger charge is -2.24. The monoisotopic (exact) mass is 691 g/mol. The molecule has 3 N–H and O–H groups in total. The van der Waals surface area contributed by atoms with E-state index in [4.69, 9.17) is 5.73 Å². The van der Waals surface area contributed by atoms with E-state index in [1.807, 2.05) is 42.5 Å². The number of aromatic nitrogens is 1. The number of para-hydroxylation sites is 3. The van der Waals surface area contributed by atoms with E-state index in [1.165, 1.54) is 66.3 Å². The quantitative estimate of drug-likeness (QED) is 0.156. The van der Waals surface area contributed by atoms with Gasteiger partial charge in [-0.2, -0.15) is 0 Å². The molecular formula is C50H49N3. The van der Waals surface area contributed by atoms with Crippen LogP contribution in [0.25, 0.3) is 44.6 Å². The number of hydrogen-bond acceptors (Lipinski definition) is 2. The second-order valence-electron chi connectivity index (χ2n) is 14.4. The number of fused-ring (bicyclic) bond motifs is 4. The van der Waals surface area contributed by atoms with E-state index >= 15 is 0 Å². The highest BCUT2D eigenvalue weighted by atomic mass is 15.0. The first-order chi connectivity index (χ1) is 25.7. The molecule has 1 aromatic heterocycles. The van der Waals surface area contributed by atoms with Gasteiger partial charge in [-0.15, -0.1) is 0 Å². The first-order valence-corrected chi connectivity index (χ1v) is 18.6. The first kappa shape index (κ1) is 35.3. The van der Waals surface area contributed by atoms with Crippen molar-refractivity contribution in [1.82, 2.24) is 4.57 Å². The van der Waals surface area contributed by atoms with Crippen LogP contribution in [0.3, 0.4) is 0 Å². The van der Waals surface area contributed by atoms with Gasteiger partial charge in [0, 0.05) is 40.1 Å². The molecule has 6 aromatic carbocycles. The Hall–Kier alpha value is -6.06. The Morgan fingerprint density at radius 3 is 2.19 bits per heavy atom. The Labute approximate surface area is 314 Å². The molecule has 0 aliphatic heterocycles. The van der Waals surface area contributed by atoms with Crippen LogP contribution in [0.1, 0.15) is 61.9 Å². The molecule has 0 bridgehead atoms. The highest BCUT2D eigenvalue weighted by Crippen LogP contribution is 2.49. The molecule has 0 saturated carbocycles. The van der Waals surface area contributed by atoms with Crippen LogP contribution in [0.2, 0.25) is 0 Å². The molecule has 53 heavy (non-hydrogen) atoms. The van der Waals surface area contributed by atoms with Gasteiger partial charge in [-0.3, -0.25) is 0 Å². The number of nitrogens with one attached hydrogen (secondary N) is 1. The van der Waals surface area contributed by atoms with Gasteiger partial charge in [0.25, 0.3) is 0 Å². The van der Waals surface area contributed by atoms with Crippen LogP contribution in [-0.2, 0) is 18.9 Å². The minimum absolute atomic E-state index is 0.0692. The zero-order chi connectivity index (χ0) is 37.1. The molecular weight excluding hydrogens is 643 g/mol. The van der Waals surface area contributed by atoms with Crippen LogP contribution in [-0.4, -0.2) is 4.57 Å². The molecule has 0 radical (unpaired) electrons. The summed E-state index contributed by atoms with van der Waals surface area (Å²) in [6, 6.07) is 47.1. The molecule has 0 saturated heterocycles. The Balaban J connectivity index is 0.000000170. The van der Waals surface area contributed by atoms with Crippen molar-refractivity contribution in [3.05, 3.63) is 186 Å². The van der Waals surface area contributed by atoms with E-state index in [2.05, 4.69) is 160 Å². The van der Waals surface area contributed by atoms with Gasteiger partial charge < -0.3 is 15.6 Å². The lowest BCUT2D eigenvalue weighted by Crippen LogP contribution is -2.16. The first-order valence-electron chi connectivity index (χ1n) is 18.6. The van der Waals surface area contributed by atoms with Crippen LogP contribution in [0, 0.1) is 0 Å². The van der Waals surface area contributed by atoms with Gasteiger partial charge in [0.05, 0.1) is 11.2 Å². The Morgan fingerprint density at radius 1 is 0.774 bits per heavy atom. The summed E-state index contributed by atoms with van der Waals surface area (Å²) in [5.41, 5.74) is 23.5. The van der Waals surface area contributed by atoms with Crippen LogP contribution in [0.5, 0.6) is 0 Å². The molecule has 0 spiro atoms. The minimum atomic E-state index is 0.0692. The minimum Gasteiger partial charge on any atom is -0.398 e. The second-order valence-corrected chi connectivity index (χ2v) is 14.4. The summed E-state index contributed by atoms with van der Waals surface area (Å²) < 4.78 is 2.25. The Kier molecular flexibility index (Phi) is 9.93. The van der Waals surface area contributed by atoms with Crippen molar-refractivity contribution < 1.29 is 0 Å². The van der Waals surface area contributed by atoms with Crippen molar-refractivity contribution in [3.8, 4) is 11.1 Å². The van der Waals surface area contributed by atoms with Crippen LogP contribution >= 0.6 is 0 Å². The van der Waals surface area contributed by atoms with Crippen molar-refractivity contribution in [2.24, 2.45) is 7.05 Å². The van der Waals surface area contributed by atoms with Crippen molar-refractivity contribution >= 4 is 50.5 Å². The Bertz CT molecular complexity index is 2490.